The van der Waals surface area contributed by atoms with Crippen LogP contribution in [0.3, 0.4) is 0 Å². The van der Waals surface area contributed by atoms with Crippen molar-refractivity contribution in [2.45, 2.75) is 19.8 Å². The molecule has 0 aliphatic carbocycles. The maximum Gasteiger partial charge on any atom is 0.232 e. The van der Waals surface area contributed by atoms with Gasteiger partial charge in [0.2, 0.25) is 5.91 Å². The Balaban J connectivity index is 0.00000225. The average Bonchev–Trinajstić information content (AvgIpc) is 2.63. The Kier molecular flexibility index (Phi) is 6.85. The number of halogens is 1. The van der Waals surface area contributed by atoms with E-state index in [0.29, 0.717) is 6.54 Å². The second kappa shape index (κ2) is 8.88. The number of carbonyl (C=O) groups excluding carboxylic acids is 1. The van der Waals surface area contributed by atoms with Gasteiger partial charge in [-0.1, -0.05) is 50.2 Å². The first-order valence-electron chi connectivity index (χ1n) is 8.60. The first-order valence-corrected chi connectivity index (χ1v) is 8.60. The van der Waals surface area contributed by atoms with E-state index >= 15 is 0 Å². The lowest BCUT2D eigenvalue weighted by atomic mass is 9.87. The summed E-state index contributed by atoms with van der Waals surface area (Å²) in [6.07, 6.45) is 0. The fourth-order valence-electron chi connectivity index (χ4n) is 3.17. The maximum absolute atomic E-state index is 12.9. The van der Waals surface area contributed by atoms with Crippen molar-refractivity contribution in [3.63, 3.8) is 0 Å². The number of rotatable bonds is 6. The molecular formula is C20H25ClN2O2. The summed E-state index contributed by atoms with van der Waals surface area (Å²) < 4.78 is 5.95. The number of fused-ring (bicyclic) bond motifs is 2. The van der Waals surface area contributed by atoms with Crippen LogP contribution >= 0.6 is 12.4 Å². The fourth-order valence-corrected chi connectivity index (χ4v) is 3.17. The van der Waals surface area contributed by atoms with Gasteiger partial charge in [0.1, 0.15) is 11.5 Å². The maximum atomic E-state index is 12.9. The van der Waals surface area contributed by atoms with Crippen LogP contribution in [0, 0.1) is 0 Å². The lowest BCUT2D eigenvalue weighted by molar-refractivity contribution is -0.121. The predicted molar refractivity (Wildman–Crippen MR) is 103 cm³/mol. The van der Waals surface area contributed by atoms with Crippen molar-refractivity contribution >= 4 is 18.3 Å². The third-order valence-electron chi connectivity index (χ3n) is 4.56. The highest BCUT2D eigenvalue weighted by Gasteiger charge is 2.32. The first kappa shape index (κ1) is 19.3. The molecule has 0 aromatic heterocycles. The molecule has 0 spiro atoms. The summed E-state index contributed by atoms with van der Waals surface area (Å²) in [7, 11) is 0. The molecule has 2 aromatic carbocycles. The van der Waals surface area contributed by atoms with Gasteiger partial charge in [0.05, 0.1) is 5.92 Å². The monoisotopic (exact) mass is 360 g/mol. The van der Waals surface area contributed by atoms with Crippen molar-refractivity contribution in [1.82, 2.24) is 10.2 Å². The smallest absolute Gasteiger partial charge is 0.232 e. The standard InChI is InChI=1S/C20H24N2O2.ClH/c1-3-22(4-2)14-13-21-20(23)19-15-9-5-7-11-17(15)24-18-12-8-6-10-16(18)19;/h5-12,19H,3-4,13-14H2,1-2H3,(H,21,23);1H. The van der Waals surface area contributed by atoms with Gasteiger partial charge in [0.15, 0.2) is 0 Å². The van der Waals surface area contributed by atoms with Crippen LogP contribution in [-0.4, -0.2) is 37.0 Å². The van der Waals surface area contributed by atoms with E-state index in [1.165, 1.54) is 0 Å². The van der Waals surface area contributed by atoms with Gasteiger partial charge >= 0.3 is 0 Å². The number of nitrogens with zero attached hydrogens (tertiary/aromatic N) is 1. The zero-order chi connectivity index (χ0) is 16.9. The molecule has 1 aliphatic heterocycles. The molecular weight excluding hydrogens is 336 g/mol. The molecule has 1 aliphatic rings. The van der Waals surface area contributed by atoms with Crippen LogP contribution in [0.15, 0.2) is 48.5 Å². The molecule has 0 fully saturated rings. The highest BCUT2D eigenvalue weighted by atomic mass is 35.5. The number of amides is 1. The molecule has 5 heteroatoms. The number of hydrogen-bond acceptors (Lipinski definition) is 3. The number of nitrogens with one attached hydrogen (secondary N) is 1. The number of likely N-dealkylation sites (N-methyl/N-ethyl adjacent to an activating group) is 1. The second-order valence-electron chi connectivity index (χ2n) is 5.93. The molecule has 0 saturated heterocycles. The molecule has 0 bridgehead atoms. The van der Waals surface area contributed by atoms with Crippen molar-refractivity contribution in [3.05, 3.63) is 59.7 Å². The number of carbonyl (C=O) groups is 1. The van der Waals surface area contributed by atoms with Crippen molar-refractivity contribution in [3.8, 4) is 11.5 Å². The van der Waals surface area contributed by atoms with E-state index in [1.807, 2.05) is 48.5 Å². The van der Waals surface area contributed by atoms with Crippen LogP contribution in [0.2, 0.25) is 0 Å². The van der Waals surface area contributed by atoms with Crippen molar-refractivity contribution in [2.75, 3.05) is 26.2 Å². The van der Waals surface area contributed by atoms with Crippen LogP contribution in [0.5, 0.6) is 11.5 Å². The molecule has 1 amide bonds. The molecule has 1 N–H and O–H groups in total. The van der Waals surface area contributed by atoms with Crippen LogP contribution < -0.4 is 10.1 Å². The van der Waals surface area contributed by atoms with E-state index in [2.05, 4.69) is 24.1 Å². The number of ether oxygens (including phenoxy) is 1. The molecule has 0 radical (unpaired) electrons. The average molecular weight is 361 g/mol. The Labute approximate surface area is 155 Å². The molecule has 25 heavy (non-hydrogen) atoms. The van der Waals surface area contributed by atoms with E-state index in [-0.39, 0.29) is 24.2 Å². The molecule has 0 saturated carbocycles. The van der Waals surface area contributed by atoms with E-state index in [4.69, 9.17) is 4.74 Å². The van der Waals surface area contributed by atoms with Crippen LogP contribution in [-0.2, 0) is 4.79 Å². The van der Waals surface area contributed by atoms with Crippen LogP contribution in [0.1, 0.15) is 30.9 Å². The molecule has 0 unspecified atom stereocenters. The molecule has 134 valence electrons. The van der Waals surface area contributed by atoms with Crippen molar-refractivity contribution in [2.24, 2.45) is 0 Å². The Morgan fingerprint density at radius 2 is 1.52 bits per heavy atom. The van der Waals surface area contributed by atoms with E-state index < -0.39 is 0 Å². The minimum absolute atomic E-state index is 0. The quantitative estimate of drug-likeness (QED) is 0.851. The van der Waals surface area contributed by atoms with Crippen LogP contribution in [0.4, 0.5) is 0 Å². The summed E-state index contributed by atoms with van der Waals surface area (Å²) >= 11 is 0. The number of para-hydroxylation sites is 2. The van der Waals surface area contributed by atoms with Gasteiger partial charge in [-0.3, -0.25) is 4.79 Å². The summed E-state index contributed by atoms with van der Waals surface area (Å²) in [4.78, 5) is 15.2. The van der Waals surface area contributed by atoms with Gasteiger partial charge in [-0.05, 0) is 25.2 Å². The van der Waals surface area contributed by atoms with E-state index in [0.717, 1.165) is 42.3 Å². The third kappa shape index (κ3) is 4.14. The van der Waals surface area contributed by atoms with Crippen molar-refractivity contribution in [1.29, 1.82) is 0 Å². The normalized spacial score (nSPS) is 12.6. The minimum atomic E-state index is -0.317. The summed E-state index contributed by atoms with van der Waals surface area (Å²) in [6.45, 7) is 7.78. The Morgan fingerprint density at radius 1 is 1.00 bits per heavy atom. The van der Waals surface area contributed by atoms with Gasteiger partial charge < -0.3 is 15.0 Å². The molecule has 4 nitrogen and oxygen atoms in total. The predicted octanol–water partition coefficient (Wildman–Crippen LogP) is 3.80. The summed E-state index contributed by atoms with van der Waals surface area (Å²) in [5, 5.41) is 3.10. The van der Waals surface area contributed by atoms with Gasteiger partial charge in [-0.15, -0.1) is 12.4 Å². The molecule has 0 atom stereocenters. The lowest BCUT2D eigenvalue weighted by Crippen LogP contribution is -2.37. The first-order chi connectivity index (χ1) is 11.7. The minimum Gasteiger partial charge on any atom is -0.457 e. The zero-order valence-corrected chi connectivity index (χ0v) is 15.5. The topological polar surface area (TPSA) is 41.6 Å². The molecule has 3 rings (SSSR count). The Morgan fingerprint density at radius 3 is 2.04 bits per heavy atom. The highest BCUT2D eigenvalue weighted by molar-refractivity contribution is 5.89. The summed E-state index contributed by atoms with van der Waals surface area (Å²) in [5.74, 6) is 1.24. The third-order valence-corrected chi connectivity index (χ3v) is 4.56. The molecule has 2 aromatic rings. The summed E-state index contributed by atoms with van der Waals surface area (Å²) in [5.41, 5.74) is 1.85. The lowest BCUT2D eigenvalue weighted by Gasteiger charge is -2.27. The van der Waals surface area contributed by atoms with E-state index in [1.54, 1.807) is 0 Å². The SMILES string of the molecule is CCN(CC)CCNC(=O)C1c2ccccc2Oc2ccccc21.Cl. The number of benzene rings is 2. The summed E-state index contributed by atoms with van der Waals surface area (Å²) in [6, 6.07) is 15.5. The van der Waals surface area contributed by atoms with Gasteiger partial charge in [-0.25, -0.2) is 0 Å². The van der Waals surface area contributed by atoms with Crippen LogP contribution in [0.25, 0.3) is 0 Å². The second-order valence-corrected chi connectivity index (χ2v) is 5.93. The molecule has 1 heterocycles. The largest absolute Gasteiger partial charge is 0.457 e. The van der Waals surface area contributed by atoms with Gasteiger partial charge in [-0.2, -0.15) is 0 Å². The fraction of sp³-hybridized carbons (Fsp3) is 0.350. The Bertz CT molecular complexity index is 671. The van der Waals surface area contributed by atoms with E-state index in [9.17, 15) is 4.79 Å². The zero-order valence-electron chi connectivity index (χ0n) is 14.7. The highest BCUT2D eigenvalue weighted by Crippen LogP contribution is 2.43. The van der Waals surface area contributed by atoms with Gasteiger partial charge in [0, 0.05) is 24.2 Å². The number of hydrogen-bond donors (Lipinski definition) is 1. The van der Waals surface area contributed by atoms with Crippen molar-refractivity contribution < 1.29 is 9.53 Å². The van der Waals surface area contributed by atoms with Gasteiger partial charge in [0.25, 0.3) is 0 Å². The Hall–Kier alpha value is -2.04.